The molecule has 0 saturated heterocycles. The Kier molecular flexibility index (Phi) is 5.00. The van der Waals surface area contributed by atoms with E-state index in [1.807, 2.05) is 13.2 Å². The van der Waals surface area contributed by atoms with Crippen molar-refractivity contribution in [1.29, 1.82) is 0 Å². The second-order valence-corrected chi connectivity index (χ2v) is 6.24. The molecule has 4 heteroatoms. The number of rotatable bonds is 5. The van der Waals surface area contributed by atoms with Crippen LogP contribution >= 0.6 is 15.9 Å². The summed E-state index contributed by atoms with van der Waals surface area (Å²) in [6.45, 7) is 6.56. The molecule has 2 unspecified atom stereocenters. The van der Waals surface area contributed by atoms with Crippen LogP contribution in [0.5, 0.6) is 0 Å². The van der Waals surface area contributed by atoms with Crippen molar-refractivity contribution in [2.24, 2.45) is 0 Å². The predicted octanol–water partition coefficient (Wildman–Crippen LogP) is 4.29. The van der Waals surface area contributed by atoms with Crippen LogP contribution in [0.2, 0.25) is 0 Å². The third-order valence-corrected chi connectivity index (χ3v) is 4.32. The zero-order valence-corrected chi connectivity index (χ0v) is 14.1. The van der Waals surface area contributed by atoms with E-state index >= 15 is 0 Å². The maximum atomic E-state index is 4.49. The van der Waals surface area contributed by atoms with Gasteiger partial charge in [-0.15, -0.1) is 0 Å². The van der Waals surface area contributed by atoms with E-state index in [1.165, 1.54) is 11.3 Å². The molecule has 1 heterocycles. The van der Waals surface area contributed by atoms with Gasteiger partial charge in [0.25, 0.3) is 0 Å². The molecule has 0 radical (unpaired) electrons. The van der Waals surface area contributed by atoms with E-state index in [0.29, 0.717) is 12.0 Å². The summed E-state index contributed by atoms with van der Waals surface area (Å²) in [4.78, 5) is 0. The lowest BCUT2D eigenvalue weighted by Gasteiger charge is -2.26. The van der Waals surface area contributed by atoms with Crippen molar-refractivity contribution in [3.63, 3.8) is 0 Å². The van der Waals surface area contributed by atoms with Gasteiger partial charge in [-0.1, -0.05) is 37.3 Å². The molecular formula is C16H22BrN3. The molecule has 0 bridgehead atoms. The van der Waals surface area contributed by atoms with Gasteiger partial charge in [0.1, 0.15) is 0 Å². The minimum absolute atomic E-state index is 0.219. The van der Waals surface area contributed by atoms with Crippen LogP contribution in [0.25, 0.3) is 0 Å². The van der Waals surface area contributed by atoms with Crippen molar-refractivity contribution < 1.29 is 0 Å². The van der Waals surface area contributed by atoms with E-state index in [9.17, 15) is 0 Å². The molecule has 2 atom stereocenters. The molecule has 0 aliphatic rings. The first kappa shape index (κ1) is 15.3. The largest absolute Gasteiger partial charge is 0.311 e. The molecule has 0 saturated carbocycles. The Morgan fingerprint density at radius 2 is 1.80 bits per heavy atom. The number of nitrogens with zero attached hydrogens (tertiary/aromatic N) is 2. The standard InChI is InChI=1S/C16H22BrN3/c1-11(2)20-16(14(17)10-19-20)15(18-4)12(3)13-8-6-5-7-9-13/h5-12,15,18H,1-4H3. The first-order valence-corrected chi connectivity index (χ1v) is 7.80. The highest BCUT2D eigenvalue weighted by Crippen LogP contribution is 2.35. The Bertz CT molecular complexity index is 548. The maximum Gasteiger partial charge on any atom is 0.0704 e. The van der Waals surface area contributed by atoms with Crippen LogP contribution < -0.4 is 5.32 Å². The molecule has 108 valence electrons. The van der Waals surface area contributed by atoms with Gasteiger partial charge < -0.3 is 5.32 Å². The summed E-state index contributed by atoms with van der Waals surface area (Å²) in [5.41, 5.74) is 2.54. The van der Waals surface area contributed by atoms with E-state index in [-0.39, 0.29) is 6.04 Å². The lowest BCUT2D eigenvalue weighted by atomic mass is 9.91. The Morgan fingerprint density at radius 1 is 1.15 bits per heavy atom. The number of hydrogen-bond donors (Lipinski definition) is 1. The maximum absolute atomic E-state index is 4.49. The molecule has 3 nitrogen and oxygen atoms in total. The van der Waals surface area contributed by atoms with E-state index in [4.69, 9.17) is 0 Å². The number of likely N-dealkylation sites (N-methyl/N-ethyl adjacent to an activating group) is 1. The van der Waals surface area contributed by atoms with Crippen LogP contribution in [0, 0.1) is 0 Å². The molecule has 0 aliphatic carbocycles. The van der Waals surface area contributed by atoms with E-state index < -0.39 is 0 Å². The van der Waals surface area contributed by atoms with Crippen molar-refractivity contribution in [3.8, 4) is 0 Å². The summed E-state index contributed by atoms with van der Waals surface area (Å²) in [6, 6.07) is 11.2. The first-order chi connectivity index (χ1) is 9.56. The third kappa shape index (κ3) is 2.96. The SMILES string of the molecule is CNC(c1c(Br)cnn1C(C)C)C(C)c1ccccc1. The fraction of sp³-hybridized carbons (Fsp3) is 0.438. The van der Waals surface area contributed by atoms with Crippen LogP contribution in [-0.2, 0) is 0 Å². The molecule has 0 spiro atoms. The normalized spacial score (nSPS) is 14.5. The van der Waals surface area contributed by atoms with Gasteiger partial charge in [0.2, 0.25) is 0 Å². The zero-order valence-electron chi connectivity index (χ0n) is 12.5. The van der Waals surface area contributed by atoms with Gasteiger partial charge in [-0.25, -0.2) is 0 Å². The lowest BCUT2D eigenvalue weighted by molar-refractivity contribution is 0.426. The van der Waals surface area contributed by atoms with Gasteiger partial charge in [0.05, 0.1) is 22.4 Å². The molecule has 1 aromatic heterocycles. The second-order valence-electron chi connectivity index (χ2n) is 5.38. The Labute approximate surface area is 129 Å². The van der Waals surface area contributed by atoms with Crippen LogP contribution in [0.4, 0.5) is 0 Å². The van der Waals surface area contributed by atoms with E-state index in [2.05, 4.69) is 82.1 Å². The molecule has 0 fully saturated rings. The van der Waals surface area contributed by atoms with Crippen LogP contribution in [0.1, 0.15) is 50.0 Å². The van der Waals surface area contributed by atoms with Crippen LogP contribution in [0.3, 0.4) is 0 Å². The van der Waals surface area contributed by atoms with Crippen molar-refractivity contribution in [2.75, 3.05) is 7.05 Å². The lowest BCUT2D eigenvalue weighted by Crippen LogP contribution is -2.26. The number of benzene rings is 1. The summed E-state index contributed by atoms with van der Waals surface area (Å²) in [7, 11) is 2.01. The number of aromatic nitrogens is 2. The molecule has 2 aromatic rings. The number of nitrogens with one attached hydrogen (secondary N) is 1. The van der Waals surface area contributed by atoms with Gasteiger partial charge in [-0.05, 0) is 42.4 Å². The van der Waals surface area contributed by atoms with Gasteiger partial charge in [0.15, 0.2) is 0 Å². The summed E-state index contributed by atoms with van der Waals surface area (Å²) < 4.78 is 3.15. The Balaban J connectivity index is 2.40. The quantitative estimate of drug-likeness (QED) is 0.883. The van der Waals surface area contributed by atoms with Crippen molar-refractivity contribution in [2.45, 2.75) is 38.8 Å². The average molecular weight is 336 g/mol. The van der Waals surface area contributed by atoms with Gasteiger partial charge in [-0.2, -0.15) is 5.10 Å². The highest BCUT2D eigenvalue weighted by Gasteiger charge is 2.26. The second kappa shape index (κ2) is 6.55. The average Bonchev–Trinajstić information content (AvgIpc) is 2.83. The zero-order chi connectivity index (χ0) is 14.7. The van der Waals surface area contributed by atoms with Crippen LogP contribution in [0.15, 0.2) is 41.0 Å². The Hall–Kier alpha value is -1.13. The monoisotopic (exact) mass is 335 g/mol. The van der Waals surface area contributed by atoms with E-state index in [1.54, 1.807) is 0 Å². The predicted molar refractivity (Wildman–Crippen MR) is 87.0 cm³/mol. The van der Waals surface area contributed by atoms with Gasteiger partial charge >= 0.3 is 0 Å². The van der Waals surface area contributed by atoms with Crippen molar-refractivity contribution >= 4 is 15.9 Å². The number of halogens is 1. The Morgan fingerprint density at radius 3 is 2.35 bits per heavy atom. The molecule has 2 rings (SSSR count). The van der Waals surface area contributed by atoms with Gasteiger partial charge in [0, 0.05) is 12.0 Å². The smallest absolute Gasteiger partial charge is 0.0704 e. The molecular weight excluding hydrogens is 314 g/mol. The summed E-state index contributed by atoms with van der Waals surface area (Å²) in [5.74, 6) is 0.367. The summed E-state index contributed by atoms with van der Waals surface area (Å²) >= 11 is 3.64. The van der Waals surface area contributed by atoms with Crippen molar-refractivity contribution in [3.05, 3.63) is 52.3 Å². The highest BCUT2D eigenvalue weighted by molar-refractivity contribution is 9.10. The number of hydrogen-bond acceptors (Lipinski definition) is 2. The van der Waals surface area contributed by atoms with E-state index in [0.717, 1.165) is 4.47 Å². The molecule has 1 N–H and O–H groups in total. The fourth-order valence-electron chi connectivity index (χ4n) is 2.63. The molecule has 0 aliphatic heterocycles. The van der Waals surface area contributed by atoms with Crippen molar-refractivity contribution in [1.82, 2.24) is 15.1 Å². The first-order valence-electron chi connectivity index (χ1n) is 7.01. The molecule has 1 aromatic carbocycles. The molecule has 20 heavy (non-hydrogen) atoms. The van der Waals surface area contributed by atoms with Crippen LogP contribution in [-0.4, -0.2) is 16.8 Å². The minimum Gasteiger partial charge on any atom is -0.311 e. The summed E-state index contributed by atoms with van der Waals surface area (Å²) in [6.07, 6.45) is 1.89. The minimum atomic E-state index is 0.219. The highest BCUT2D eigenvalue weighted by atomic mass is 79.9. The van der Waals surface area contributed by atoms with Gasteiger partial charge in [-0.3, -0.25) is 4.68 Å². The summed E-state index contributed by atoms with van der Waals surface area (Å²) in [5, 5.41) is 7.94. The third-order valence-electron chi connectivity index (χ3n) is 3.71. The fourth-order valence-corrected chi connectivity index (χ4v) is 3.15. The topological polar surface area (TPSA) is 29.9 Å². The molecule has 0 amide bonds.